The summed E-state index contributed by atoms with van der Waals surface area (Å²) in [5, 5.41) is 15.5. The van der Waals surface area contributed by atoms with Gasteiger partial charge in [0.25, 0.3) is 0 Å². The van der Waals surface area contributed by atoms with Gasteiger partial charge in [0.2, 0.25) is 0 Å². The Morgan fingerprint density at radius 3 is 0.689 bits per heavy atom. The molecule has 0 N–H and O–H groups in total. The molecule has 0 aliphatic carbocycles. The third-order valence-electron chi connectivity index (χ3n) is 15.8. The van der Waals surface area contributed by atoms with Crippen molar-refractivity contribution in [1.29, 1.82) is 0 Å². The van der Waals surface area contributed by atoms with Gasteiger partial charge >= 0.3 is 0 Å². The smallest absolute Gasteiger partial charge is 0.00203 e. The third kappa shape index (κ3) is 6.91. The monoisotopic (exact) mass is 934 g/mol. The fraction of sp³-hybridized carbons (Fsp3) is 0. The second-order valence-corrected chi connectivity index (χ2v) is 19.9. The van der Waals surface area contributed by atoms with Crippen molar-refractivity contribution in [2.24, 2.45) is 0 Å². The predicted octanol–water partition coefficient (Wildman–Crippen LogP) is 20.8. The molecular weight excluding hydrogens is 889 g/mol. The van der Waals surface area contributed by atoms with E-state index in [0.717, 1.165) is 0 Å². The predicted molar refractivity (Wildman–Crippen MR) is 317 cm³/mol. The van der Waals surface area contributed by atoms with E-state index in [4.69, 9.17) is 0 Å². The summed E-state index contributed by atoms with van der Waals surface area (Å²) in [7, 11) is 0. The first-order chi connectivity index (χ1) is 36.7. The largest absolute Gasteiger partial charge is 0.0622 e. The molecule has 15 aromatic carbocycles. The molecule has 342 valence electrons. The van der Waals surface area contributed by atoms with Gasteiger partial charge in [-0.05, 0) is 172 Å². The van der Waals surface area contributed by atoms with Crippen LogP contribution in [0.2, 0.25) is 0 Å². The summed E-state index contributed by atoms with van der Waals surface area (Å²) in [5.74, 6) is 0. The molecule has 0 heteroatoms. The molecule has 0 radical (unpaired) electrons. The van der Waals surface area contributed by atoms with Crippen LogP contribution in [0.4, 0.5) is 0 Å². The molecular formula is C74H46. The molecule has 0 aliphatic rings. The maximum absolute atomic E-state index is 2.37. The summed E-state index contributed by atoms with van der Waals surface area (Å²) >= 11 is 0. The first-order valence-corrected chi connectivity index (χ1v) is 25.7. The van der Waals surface area contributed by atoms with Crippen LogP contribution in [-0.2, 0) is 0 Å². The molecule has 15 rings (SSSR count). The number of rotatable bonds is 8. The number of hydrogen-bond acceptors (Lipinski definition) is 0. The molecule has 0 unspecified atom stereocenters. The van der Waals surface area contributed by atoms with E-state index in [-0.39, 0.29) is 0 Å². The number of benzene rings is 15. The van der Waals surface area contributed by atoms with Crippen molar-refractivity contribution < 1.29 is 0 Å². The van der Waals surface area contributed by atoms with Crippen LogP contribution < -0.4 is 0 Å². The maximum Gasteiger partial charge on any atom is -0.00203 e. The van der Waals surface area contributed by atoms with Gasteiger partial charge in [-0.15, -0.1) is 0 Å². The van der Waals surface area contributed by atoms with E-state index in [1.54, 1.807) is 0 Å². The lowest BCUT2D eigenvalue weighted by Gasteiger charge is -2.17. The molecule has 0 aliphatic heterocycles. The Balaban J connectivity index is 0.765. The van der Waals surface area contributed by atoms with E-state index in [0.29, 0.717) is 0 Å². The van der Waals surface area contributed by atoms with E-state index in [1.807, 2.05) is 0 Å². The van der Waals surface area contributed by atoms with Gasteiger partial charge in [-0.2, -0.15) is 0 Å². The van der Waals surface area contributed by atoms with Crippen molar-refractivity contribution in [1.82, 2.24) is 0 Å². The molecule has 15 aromatic rings. The minimum atomic E-state index is 1.20. The van der Waals surface area contributed by atoms with Crippen molar-refractivity contribution in [3.63, 3.8) is 0 Å². The van der Waals surface area contributed by atoms with Gasteiger partial charge in [0.05, 0.1) is 0 Å². The quantitative estimate of drug-likeness (QED) is 0.133. The van der Waals surface area contributed by atoms with Crippen LogP contribution in [-0.4, -0.2) is 0 Å². The maximum atomic E-state index is 2.37. The molecule has 0 saturated carbocycles. The first-order valence-electron chi connectivity index (χ1n) is 25.7. The Morgan fingerprint density at radius 1 is 0.135 bits per heavy atom. The van der Waals surface area contributed by atoms with Gasteiger partial charge in [-0.25, -0.2) is 0 Å². The zero-order chi connectivity index (χ0) is 48.7. The SMILES string of the molecule is c1ccc(-c2ccc(-c3ccc4ccc5c(-c6cccc(-c7cccc(-c8cccc(-c9ccc%10ccc%11c(-c%12ccc(-c%13ccccc%13)cc%12)ccc%12ccc9c%10c%12%11)c8)c7)c6)ccc6ccc3c4c65)cc2)cc1. The molecule has 0 nitrogen and oxygen atoms in total. The van der Waals surface area contributed by atoms with Crippen molar-refractivity contribution in [2.45, 2.75) is 0 Å². The molecule has 0 spiro atoms. The lowest BCUT2D eigenvalue weighted by Crippen LogP contribution is -1.90. The van der Waals surface area contributed by atoms with Crippen molar-refractivity contribution in [3.05, 3.63) is 279 Å². The minimum Gasteiger partial charge on any atom is -0.0622 e. The summed E-state index contributed by atoms with van der Waals surface area (Å²) < 4.78 is 0. The van der Waals surface area contributed by atoms with Crippen molar-refractivity contribution >= 4 is 64.6 Å². The van der Waals surface area contributed by atoms with Gasteiger partial charge in [-0.3, -0.25) is 0 Å². The second-order valence-electron chi connectivity index (χ2n) is 19.9. The minimum absolute atomic E-state index is 1.20. The molecule has 0 heterocycles. The summed E-state index contributed by atoms with van der Waals surface area (Å²) in [6.07, 6.45) is 0. The second kappa shape index (κ2) is 17.0. The average molecular weight is 935 g/mol. The van der Waals surface area contributed by atoms with E-state index in [1.165, 1.54) is 154 Å². The summed E-state index contributed by atoms with van der Waals surface area (Å²) in [4.78, 5) is 0. The molecule has 0 aromatic heterocycles. The van der Waals surface area contributed by atoms with E-state index in [2.05, 4.69) is 279 Å². The van der Waals surface area contributed by atoms with E-state index >= 15 is 0 Å². The van der Waals surface area contributed by atoms with Crippen LogP contribution in [0.5, 0.6) is 0 Å². The molecule has 74 heavy (non-hydrogen) atoms. The van der Waals surface area contributed by atoms with Crippen LogP contribution in [0.1, 0.15) is 0 Å². The fourth-order valence-corrected chi connectivity index (χ4v) is 12.2. The fourth-order valence-electron chi connectivity index (χ4n) is 12.2. The highest BCUT2D eigenvalue weighted by Crippen LogP contribution is 2.45. The highest BCUT2D eigenvalue weighted by Gasteiger charge is 2.18. The highest BCUT2D eigenvalue weighted by molar-refractivity contribution is 6.29. The van der Waals surface area contributed by atoms with Gasteiger partial charge in [0.15, 0.2) is 0 Å². The molecule has 0 amide bonds. The van der Waals surface area contributed by atoms with Gasteiger partial charge in [-0.1, -0.05) is 261 Å². The average Bonchev–Trinajstić information content (AvgIpc) is 3.50. The molecule has 0 fully saturated rings. The lowest BCUT2D eigenvalue weighted by atomic mass is 9.86. The Labute approximate surface area is 430 Å². The Hall–Kier alpha value is -9.62. The van der Waals surface area contributed by atoms with Gasteiger partial charge < -0.3 is 0 Å². The van der Waals surface area contributed by atoms with Crippen LogP contribution in [0, 0.1) is 0 Å². The zero-order valence-electron chi connectivity index (χ0n) is 40.6. The summed E-state index contributed by atoms with van der Waals surface area (Å²) in [6.45, 7) is 0. The number of hydrogen-bond donors (Lipinski definition) is 0. The Bertz CT molecular complexity index is 4310. The van der Waals surface area contributed by atoms with E-state index in [9.17, 15) is 0 Å². The van der Waals surface area contributed by atoms with Crippen LogP contribution in [0.3, 0.4) is 0 Å². The standard InChI is InChI=1S/C74H46/c1-3-10-47(11-4-1)49-20-24-51(25-21-49)63-36-28-53-34-42-69-65(38-30-55-32-40-67(63)71(53)73(55)69)61-18-8-16-59(45-61)57-14-7-15-58(44-57)60-17-9-19-62(46-60)66-39-31-56-33-41-68-64(37-29-54-35-43-70(66)74(56)72(54)68)52-26-22-50(23-27-52)48-12-5-2-6-13-48/h1-46H. The molecule has 0 bridgehead atoms. The molecule has 0 saturated heterocycles. The van der Waals surface area contributed by atoms with Crippen LogP contribution in [0.25, 0.3) is 154 Å². The molecule has 0 atom stereocenters. The zero-order valence-corrected chi connectivity index (χ0v) is 40.6. The lowest BCUT2D eigenvalue weighted by molar-refractivity contribution is 1.58. The van der Waals surface area contributed by atoms with Crippen molar-refractivity contribution in [2.75, 3.05) is 0 Å². The van der Waals surface area contributed by atoms with Crippen LogP contribution in [0.15, 0.2) is 279 Å². The Kier molecular flexibility index (Phi) is 9.68. The first kappa shape index (κ1) is 42.1. The highest BCUT2D eigenvalue weighted by atomic mass is 14.2. The Morgan fingerprint density at radius 2 is 0.365 bits per heavy atom. The topological polar surface area (TPSA) is 0 Å². The third-order valence-corrected chi connectivity index (χ3v) is 15.8. The normalized spacial score (nSPS) is 11.8. The van der Waals surface area contributed by atoms with E-state index < -0.39 is 0 Å². The van der Waals surface area contributed by atoms with Crippen LogP contribution >= 0.6 is 0 Å². The summed E-state index contributed by atoms with van der Waals surface area (Å²) in [5.41, 5.74) is 19.6. The van der Waals surface area contributed by atoms with Crippen molar-refractivity contribution in [3.8, 4) is 89.0 Å². The van der Waals surface area contributed by atoms with Gasteiger partial charge in [0.1, 0.15) is 0 Å². The summed E-state index contributed by atoms with van der Waals surface area (Å²) in [6, 6.07) is 104. The van der Waals surface area contributed by atoms with Gasteiger partial charge in [0, 0.05) is 0 Å².